The number of nitrogens with one attached hydrogen (secondary N) is 2. The van der Waals surface area contributed by atoms with Crippen molar-refractivity contribution in [3.05, 3.63) is 167 Å². The molecule has 2 amide bonds. The second-order valence-electron chi connectivity index (χ2n) is 14.3. The van der Waals surface area contributed by atoms with Crippen LogP contribution in [0, 0.1) is 0 Å². The lowest BCUT2D eigenvalue weighted by Gasteiger charge is -2.38. The zero-order valence-corrected chi connectivity index (χ0v) is 31.7. The van der Waals surface area contributed by atoms with Crippen LogP contribution >= 0.6 is 0 Å². The standard InChI is InChI=1S/C47H53N3O5/c1-35(52)48-28-12-4-9-19-46(53)49-30-42-17-10-11-18-44(42)39-24-26-41(27-25-39)47-54-43(29-45(55-47)40-22-20-38(34-51)21-23-40)33-50(31-36-13-5-2-6-14-36)32-37-15-7-3-8-16-37/h2-3,5-8,10-11,13-18,20-27,43,45,47,51H,4,9,12,19,28-34H2,1H3,(H,48,52)(H,49,53)/t43-,45+,47+/m0/s1. The molecule has 5 aromatic rings. The molecule has 6 rings (SSSR count). The lowest BCUT2D eigenvalue weighted by molar-refractivity contribution is -0.253. The first kappa shape index (κ1) is 39.6. The second kappa shape index (κ2) is 20.5. The molecule has 0 spiro atoms. The third-order valence-electron chi connectivity index (χ3n) is 10.0. The predicted molar refractivity (Wildman–Crippen MR) is 216 cm³/mol. The minimum Gasteiger partial charge on any atom is -0.392 e. The van der Waals surface area contributed by atoms with Crippen LogP contribution in [-0.2, 0) is 45.3 Å². The first-order valence-electron chi connectivity index (χ1n) is 19.4. The molecule has 8 nitrogen and oxygen atoms in total. The summed E-state index contributed by atoms with van der Waals surface area (Å²) in [6.45, 7) is 4.92. The Balaban J connectivity index is 1.15. The molecule has 1 heterocycles. The van der Waals surface area contributed by atoms with Crippen molar-refractivity contribution in [3.8, 4) is 11.1 Å². The third kappa shape index (κ3) is 12.2. The van der Waals surface area contributed by atoms with Crippen molar-refractivity contribution in [1.29, 1.82) is 0 Å². The van der Waals surface area contributed by atoms with Gasteiger partial charge >= 0.3 is 0 Å². The summed E-state index contributed by atoms with van der Waals surface area (Å²) in [6, 6.07) is 45.7. The van der Waals surface area contributed by atoms with Gasteiger partial charge in [-0.2, -0.15) is 0 Å². The molecule has 1 saturated heterocycles. The maximum absolute atomic E-state index is 12.6. The molecule has 0 bridgehead atoms. The minimum absolute atomic E-state index is 0.00191. The molecule has 0 saturated carbocycles. The number of amides is 2. The molecular weight excluding hydrogens is 687 g/mol. The molecule has 1 fully saturated rings. The quantitative estimate of drug-likeness (QED) is 0.0781. The lowest BCUT2D eigenvalue weighted by Crippen LogP contribution is -2.39. The van der Waals surface area contributed by atoms with Gasteiger partial charge in [0.2, 0.25) is 11.8 Å². The summed E-state index contributed by atoms with van der Waals surface area (Å²) in [7, 11) is 0. The van der Waals surface area contributed by atoms with Crippen LogP contribution < -0.4 is 10.6 Å². The van der Waals surface area contributed by atoms with Crippen molar-refractivity contribution in [2.75, 3.05) is 13.1 Å². The van der Waals surface area contributed by atoms with Gasteiger partial charge in [0.05, 0.1) is 18.8 Å². The number of nitrogens with zero attached hydrogens (tertiary/aromatic N) is 1. The Kier molecular flexibility index (Phi) is 14.8. The van der Waals surface area contributed by atoms with E-state index in [2.05, 4.69) is 125 Å². The number of aliphatic hydroxyl groups is 1. The summed E-state index contributed by atoms with van der Waals surface area (Å²) < 4.78 is 13.5. The van der Waals surface area contributed by atoms with E-state index in [9.17, 15) is 14.7 Å². The summed E-state index contributed by atoms with van der Waals surface area (Å²) in [5.74, 6) is -0.000558. The molecule has 3 N–H and O–H groups in total. The van der Waals surface area contributed by atoms with Crippen LogP contribution in [0.25, 0.3) is 11.1 Å². The lowest BCUT2D eigenvalue weighted by atomic mass is 9.97. The van der Waals surface area contributed by atoms with Gasteiger partial charge in [0.25, 0.3) is 0 Å². The fourth-order valence-electron chi connectivity index (χ4n) is 7.10. The number of rotatable bonds is 18. The zero-order valence-electron chi connectivity index (χ0n) is 31.7. The van der Waals surface area contributed by atoms with Crippen molar-refractivity contribution >= 4 is 11.8 Å². The number of carbonyl (C=O) groups is 2. The van der Waals surface area contributed by atoms with E-state index in [4.69, 9.17) is 9.47 Å². The van der Waals surface area contributed by atoms with E-state index in [1.807, 2.05) is 24.3 Å². The van der Waals surface area contributed by atoms with Gasteiger partial charge in [0.15, 0.2) is 6.29 Å². The molecule has 0 unspecified atom stereocenters. The molecular formula is C47H53N3O5. The molecule has 55 heavy (non-hydrogen) atoms. The van der Waals surface area contributed by atoms with Gasteiger partial charge in [-0.25, -0.2) is 0 Å². The number of aliphatic hydroxyl groups excluding tert-OH is 1. The van der Waals surface area contributed by atoms with Crippen LogP contribution in [0.1, 0.15) is 84.8 Å². The Hall–Kier alpha value is -5.12. The highest BCUT2D eigenvalue weighted by Gasteiger charge is 2.33. The van der Waals surface area contributed by atoms with E-state index in [1.165, 1.54) is 18.1 Å². The van der Waals surface area contributed by atoms with Crippen molar-refractivity contribution in [3.63, 3.8) is 0 Å². The molecule has 0 radical (unpaired) electrons. The van der Waals surface area contributed by atoms with Gasteiger partial charge in [0.1, 0.15) is 0 Å². The first-order valence-corrected chi connectivity index (χ1v) is 19.4. The minimum atomic E-state index is -0.571. The second-order valence-corrected chi connectivity index (χ2v) is 14.3. The highest BCUT2D eigenvalue weighted by molar-refractivity contribution is 5.76. The molecule has 286 valence electrons. The van der Waals surface area contributed by atoms with Crippen molar-refractivity contribution in [2.24, 2.45) is 0 Å². The van der Waals surface area contributed by atoms with E-state index >= 15 is 0 Å². The Morgan fingerprint density at radius 1 is 0.691 bits per heavy atom. The maximum Gasteiger partial charge on any atom is 0.220 e. The monoisotopic (exact) mass is 739 g/mol. The maximum atomic E-state index is 12.6. The van der Waals surface area contributed by atoms with Crippen molar-refractivity contribution in [2.45, 2.75) is 83.8 Å². The van der Waals surface area contributed by atoms with E-state index in [0.29, 0.717) is 25.9 Å². The Morgan fingerprint density at radius 2 is 1.33 bits per heavy atom. The summed E-state index contributed by atoms with van der Waals surface area (Å²) in [4.78, 5) is 26.1. The van der Waals surface area contributed by atoms with Gasteiger partial charge < -0.3 is 25.2 Å². The number of unbranched alkanes of at least 4 members (excludes halogenated alkanes) is 2. The van der Waals surface area contributed by atoms with Crippen molar-refractivity contribution in [1.82, 2.24) is 15.5 Å². The fraction of sp³-hybridized carbons (Fsp3) is 0.319. The molecule has 1 aliphatic heterocycles. The SMILES string of the molecule is CC(=O)NCCCCCC(=O)NCc1ccccc1-c1ccc([C@@H]2O[C@H](CN(Cc3ccccc3)Cc3ccccc3)C[C@H](c3ccc(CO)cc3)O2)cc1. The number of hydrogen-bond acceptors (Lipinski definition) is 6. The van der Waals surface area contributed by atoms with Crippen LogP contribution in [0.5, 0.6) is 0 Å². The Bertz CT molecular complexity index is 1880. The summed E-state index contributed by atoms with van der Waals surface area (Å²) in [5, 5.41) is 15.6. The van der Waals surface area contributed by atoms with E-state index in [0.717, 1.165) is 72.3 Å². The van der Waals surface area contributed by atoms with Crippen LogP contribution in [0.2, 0.25) is 0 Å². The highest BCUT2D eigenvalue weighted by Crippen LogP contribution is 2.39. The smallest absolute Gasteiger partial charge is 0.220 e. The average molecular weight is 740 g/mol. The topological polar surface area (TPSA) is 100 Å². The average Bonchev–Trinajstić information content (AvgIpc) is 3.22. The zero-order chi connectivity index (χ0) is 38.2. The number of hydrogen-bond donors (Lipinski definition) is 3. The van der Waals surface area contributed by atoms with Gasteiger partial charge in [-0.3, -0.25) is 14.5 Å². The first-order chi connectivity index (χ1) is 26.9. The Morgan fingerprint density at radius 3 is 1.98 bits per heavy atom. The number of ether oxygens (including phenoxy) is 2. The van der Waals surface area contributed by atoms with Gasteiger partial charge in [0, 0.05) is 58.1 Å². The van der Waals surface area contributed by atoms with Crippen LogP contribution in [0.15, 0.2) is 133 Å². The largest absolute Gasteiger partial charge is 0.392 e. The molecule has 8 heteroatoms. The van der Waals surface area contributed by atoms with Gasteiger partial charge in [-0.15, -0.1) is 0 Å². The van der Waals surface area contributed by atoms with E-state index in [-0.39, 0.29) is 30.6 Å². The molecule has 3 atom stereocenters. The number of benzene rings is 5. The molecule has 0 aromatic heterocycles. The molecule has 0 aliphatic carbocycles. The van der Waals surface area contributed by atoms with Crippen LogP contribution in [0.4, 0.5) is 0 Å². The highest BCUT2D eigenvalue weighted by atomic mass is 16.7. The summed E-state index contributed by atoms with van der Waals surface area (Å²) in [5.41, 5.74) is 8.53. The predicted octanol–water partition coefficient (Wildman–Crippen LogP) is 8.41. The normalized spacial score (nSPS) is 16.8. The number of carbonyl (C=O) groups excluding carboxylic acids is 2. The van der Waals surface area contributed by atoms with Gasteiger partial charge in [-0.05, 0) is 51.8 Å². The Labute approximate surface area is 325 Å². The third-order valence-corrected chi connectivity index (χ3v) is 10.0. The fourth-order valence-corrected chi connectivity index (χ4v) is 7.10. The van der Waals surface area contributed by atoms with Crippen molar-refractivity contribution < 1.29 is 24.2 Å². The molecule has 1 aliphatic rings. The summed E-state index contributed by atoms with van der Waals surface area (Å²) >= 11 is 0. The van der Waals surface area contributed by atoms with E-state index in [1.54, 1.807) is 0 Å². The molecule has 5 aromatic carbocycles. The van der Waals surface area contributed by atoms with E-state index < -0.39 is 6.29 Å². The summed E-state index contributed by atoms with van der Waals surface area (Å²) in [6.07, 6.45) is 2.84. The van der Waals surface area contributed by atoms with Crippen LogP contribution in [0.3, 0.4) is 0 Å². The van der Waals surface area contributed by atoms with Crippen LogP contribution in [-0.4, -0.2) is 41.0 Å². The van der Waals surface area contributed by atoms with Gasteiger partial charge in [-0.1, -0.05) is 140 Å².